The first-order chi connectivity index (χ1) is 13.4. The summed E-state index contributed by atoms with van der Waals surface area (Å²) in [6, 6.07) is 8.59. The lowest BCUT2D eigenvalue weighted by Gasteiger charge is -2.37. The van der Waals surface area contributed by atoms with Crippen LogP contribution in [0.25, 0.3) is 0 Å². The fourth-order valence-corrected chi connectivity index (χ4v) is 3.45. The molecule has 2 unspecified atom stereocenters. The van der Waals surface area contributed by atoms with E-state index in [9.17, 15) is 9.59 Å². The largest absolute Gasteiger partial charge is 0.485 e. The number of nitrogens with zero attached hydrogens (tertiary/aromatic N) is 2. The average Bonchev–Trinajstić information content (AvgIpc) is 3.48. The molecular weight excluding hydrogens is 358 g/mol. The van der Waals surface area contributed by atoms with E-state index in [1.165, 1.54) is 0 Å². The summed E-state index contributed by atoms with van der Waals surface area (Å²) in [4.78, 5) is 30.0. The summed E-state index contributed by atoms with van der Waals surface area (Å²) in [6.45, 7) is 3.77. The van der Waals surface area contributed by atoms with E-state index < -0.39 is 0 Å². The molecule has 0 spiro atoms. The van der Waals surface area contributed by atoms with Crippen LogP contribution in [0.2, 0.25) is 0 Å². The predicted molar refractivity (Wildman–Crippen MR) is 102 cm³/mol. The molecule has 1 aromatic carbocycles. The highest BCUT2D eigenvalue weighted by atomic mass is 16.5. The van der Waals surface area contributed by atoms with Crippen LogP contribution in [0.5, 0.6) is 17.4 Å². The lowest BCUT2D eigenvalue weighted by Crippen LogP contribution is -2.53. The minimum Gasteiger partial charge on any atom is -0.485 e. The number of ether oxygens (including phenoxy) is 2. The molecule has 28 heavy (non-hydrogen) atoms. The van der Waals surface area contributed by atoms with Crippen molar-refractivity contribution in [2.45, 2.75) is 38.8 Å². The number of aromatic nitrogens is 1. The Morgan fingerprint density at radius 3 is 2.71 bits per heavy atom. The van der Waals surface area contributed by atoms with E-state index in [2.05, 4.69) is 10.3 Å². The van der Waals surface area contributed by atoms with Crippen molar-refractivity contribution in [2.75, 3.05) is 7.05 Å². The van der Waals surface area contributed by atoms with Crippen LogP contribution in [0.4, 0.5) is 4.79 Å². The maximum Gasteiger partial charge on any atom is 0.324 e. The lowest BCUT2D eigenvalue weighted by molar-refractivity contribution is -0.127. The molecule has 1 saturated heterocycles. The normalized spacial score (nSPS) is 22.0. The zero-order valence-corrected chi connectivity index (χ0v) is 16.1. The van der Waals surface area contributed by atoms with Crippen molar-refractivity contribution >= 4 is 11.9 Å². The molecule has 0 bridgehead atoms. The number of imide groups is 1. The summed E-state index contributed by atoms with van der Waals surface area (Å²) in [5.74, 6) is 1.09. The first kappa shape index (κ1) is 18.3. The van der Waals surface area contributed by atoms with Gasteiger partial charge in [-0.05, 0) is 55.2 Å². The van der Waals surface area contributed by atoms with Gasteiger partial charge in [-0.25, -0.2) is 9.78 Å². The van der Waals surface area contributed by atoms with Gasteiger partial charge in [-0.15, -0.1) is 0 Å². The maximum atomic E-state index is 12.1. The Hall–Kier alpha value is -3.09. The summed E-state index contributed by atoms with van der Waals surface area (Å²) in [5, 5.41) is 2.37. The molecule has 1 N–H and O–H groups in total. The van der Waals surface area contributed by atoms with Gasteiger partial charge < -0.3 is 14.4 Å². The molecule has 4 rings (SSSR count). The fraction of sp³-hybridized carbons (Fsp3) is 0.381. The van der Waals surface area contributed by atoms with E-state index in [1.54, 1.807) is 18.1 Å². The van der Waals surface area contributed by atoms with Crippen LogP contribution in [0, 0.1) is 12.8 Å². The molecule has 2 aliphatic rings. The number of benzene rings is 1. The summed E-state index contributed by atoms with van der Waals surface area (Å²) in [6.07, 6.45) is 4.03. The second-order valence-electron chi connectivity index (χ2n) is 7.38. The third kappa shape index (κ3) is 3.52. The summed E-state index contributed by atoms with van der Waals surface area (Å²) >= 11 is 0. The van der Waals surface area contributed by atoms with Gasteiger partial charge in [0, 0.05) is 13.2 Å². The van der Waals surface area contributed by atoms with E-state index in [4.69, 9.17) is 9.47 Å². The van der Waals surface area contributed by atoms with Crippen LogP contribution in [0.1, 0.15) is 36.9 Å². The summed E-state index contributed by atoms with van der Waals surface area (Å²) in [7, 11) is 1.70. The Balaban J connectivity index is 1.58. The lowest BCUT2D eigenvalue weighted by atomic mass is 9.88. The Kier molecular flexibility index (Phi) is 4.66. The first-order valence-electron chi connectivity index (χ1n) is 9.42. The highest BCUT2D eigenvalue weighted by Gasteiger charge is 2.38. The minimum atomic E-state index is -0.386. The van der Waals surface area contributed by atoms with Crippen molar-refractivity contribution in [3.05, 3.63) is 47.7 Å². The highest BCUT2D eigenvalue weighted by Crippen LogP contribution is 2.37. The smallest absolute Gasteiger partial charge is 0.324 e. The molecule has 2 aromatic rings. The maximum absolute atomic E-state index is 12.1. The predicted octanol–water partition coefficient (Wildman–Crippen LogP) is 3.58. The van der Waals surface area contributed by atoms with Crippen LogP contribution in [0.3, 0.4) is 0 Å². The van der Waals surface area contributed by atoms with E-state index >= 15 is 0 Å². The van der Waals surface area contributed by atoms with E-state index in [1.807, 2.05) is 44.2 Å². The second-order valence-corrected chi connectivity index (χ2v) is 7.38. The zero-order valence-electron chi connectivity index (χ0n) is 16.1. The van der Waals surface area contributed by atoms with Gasteiger partial charge in [-0.3, -0.25) is 10.1 Å². The van der Waals surface area contributed by atoms with Gasteiger partial charge in [0.25, 0.3) is 5.88 Å². The molecule has 0 radical (unpaired) electrons. The number of aryl methyl sites for hydroxylation is 1. The van der Waals surface area contributed by atoms with Crippen molar-refractivity contribution in [3.8, 4) is 17.4 Å². The molecule has 2 atom stereocenters. The van der Waals surface area contributed by atoms with E-state index in [0.29, 0.717) is 17.4 Å². The zero-order chi connectivity index (χ0) is 19.8. The van der Waals surface area contributed by atoms with Crippen LogP contribution in [-0.2, 0) is 4.79 Å². The SMILES string of the molecule is Cc1cc(Oc2ncccc2OC2CC2)ccc1C1C(C)C(=O)NC(=O)N1C. The molecule has 146 valence electrons. The number of hydrogen-bond donors (Lipinski definition) is 1. The standard InChI is InChI=1S/C21H23N3O4/c1-12-11-15(28-20-17(5-4-10-22-20)27-14-6-7-14)8-9-16(12)18-13(2)19(25)23-21(26)24(18)3/h4-5,8-11,13-14,18H,6-7H2,1-3H3,(H,23,25,26). The number of urea groups is 1. The van der Waals surface area contributed by atoms with Gasteiger partial charge in [-0.2, -0.15) is 0 Å². The second kappa shape index (κ2) is 7.14. The van der Waals surface area contributed by atoms with Crippen LogP contribution in [0.15, 0.2) is 36.5 Å². The molecule has 1 aliphatic heterocycles. The van der Waals surface area contributed by atoms with Crippen LogP contribution in [-0.4, -0.2) is 35.0 Å². The molecular formula is C21H23N3O4. The quantitative estimate of drug-likeness (QED) is 0.856. The number of carbonyl (C=O) groups excluding carboxylic acids is 2. The average molecular weight is 381 g/mol. The van der Waals surface area contributed by atoms with Crippen molar-refractivity contribution in [1.29, 1.82) is 0 Å². The minimum absolute atomic E-state index is 0.252. The van der Waals surface area contributed by atoms with E-state index in [-0.39, 0.29) is 30.0 Å². The van der Waals surface area contributed by atoms with Crippen molar-refractivity contribution in [3.63, 3.8) is 0 Å². The van der Waals surface area contributed by atoms with Gasteiger partial charge in [0.05, 0.1) is 18.1 Å². The van der Waals surface area contributed by atoms with E-state index in [0.717, 1.165) is 24.0 Å². The third-order valence-electron chi connectivity index (χ3n) is 5.18. The molecule has 7 heteroatoms. The number of pyridine rings is 1. The Morgan fingerprint density at radius 1 is 1.21 bits per heavy atom. The fourth-order valence-electron chi connectivity index (χ4n) is 3.45. The van der Waals surface area contributed by atoms with Crippen LogP contribution >= 0.6 is 0 Å². The Morgan fingerprint density at radius 2 is 2.00 bits per heavy atom. The number of amides is 3. The third-order valence-corrected chi connectivity index (χ3v) is 5.18. The van der Waals surface area contributed by atoms with Crippen molar-refractivity contribution in [2.24, 2.45) is 5.92 Å². The van der Waals surface area contributed by atoms with Gasteiger partial charge in [0.15, 0.2) is 5.75 Å². The molecule has 2 fully saturated rings. The summed E-state index contributed by atoms with van der Waals surface area (Å²) in [5.41, 5.74) is 1.85. The molecule has 3 amide bonds. The molecule has 1 saturated carbocycles. The van der Waals surface area contributed by atoms with Crippen molar-refractivity contribution < 1.29 is 19.1 Å². The molecule has 7 nitrogen and oxygen atoms in total. The number of rotatable bonds is 5. The number of hydrogen-bond acceptors (Lipinski definition) is 5. The summed E-state index contributed by atoms with van der Waals surface area (Å²) < 4.78 is 11.8. The molecule has 2 heterocycles. The Bertz CT molecular complexity index is 906. The van der Waals surface area contributed by atoms with Gasteiger partial charge in [0.2, 0.25) is 5.91 Å². The van der Waals surface area contributed by atoms with Gasteiger partial charge in [-0.1, -0.05) is 13.0 Å². The monoisotopic (exact) mass is 381 g/mol. The van der Waals surface area contributed by atoms with Crippen LogP contribution < -0.4 is 14.8 Å². The number of nitrogens with one attached hydrogen (secondary N) is 1. The van der Waals surface area contributed by atoms with Crippen molar-refractivity contribution in [1.82, 2.24) is 15.2 Å². The number of carbonyl (C=O) groups is 2. The first-order valence-corrected chi connectivity index (χ1v) is 9.42. The topological polar surface area (TPSA) is 80.8 Å². The molecule has 1 aromatic heterocycles. The molecule has 1 aliphatic carbocycles. The van der Waals surface area contributed by atoms with Gasteiger partial charge in [0.1, 0.15) is 5.75 Å². The van der Waals surface area contributed by atoms with Gasteiger partial charge >= 0.3 is 6.03 Å². The Labute approximate surface area is 163 Å². The highest BCUT2D eigenvalue weighted by molar-refractivity contribution is 5.98.